The molecule has 1 aromatic carbocycles. The molecule has 0 atom stereocenters. The Balaban J connectivity index is 2.22. The highest BCUT2D eigenvalue weighted by molar-refractivity contribution is 9.10. The number of aryl methyl sites for hydroxylation is 1. The van der Waals surface area contributed by atoms with Crippen LogP contribution in [0.4, 0.5) is 5.82 Å². The van der Waals surface area contributed by atoms with Crippen LogP contribution in [-0.2, 0) is 6.42 Å². The van der Waals surface area contributed by atoms with Crippen LogP contribution in [0.3, 0.4) is 0 Å². The number of hydrogen-bond acceptors (Lipinski definition) is 4. The number of nitrogens with one attached hydrogen (secondary N) is 1. The second kappa shape index (κ2) is 7.98. The second-order valence-corrected chi connectivity index (χ2v) is 5.66. The van der Waals surface area contributed by atoms with Gasteiger partial charge in [-0.25, -0.2) is 4.98 Å². The number of halogens is 1. The summed E-state index contributed by atoms with van der Waals surface area (Å²) in [6.45, 7) is 5.13. The molecule has 112 valence electrons. The fraction of sp³-hybridized carbons (Fsp3) is 0.375. The van der Waals surface area contributed by atoms with E-state index in [-0.39, 0.29) is 0 Å². The van der Waals surface area contributed by atoms with E-state index in [4.69, 9.17) is 4.74 Å². The third-order valence-electron chi connectivity index (χ3n) is 2.80. The third kappa shape index (κ3) is 5.01. The number of nitrogens with zero attached hydrogens (tertiary/aromatic N) is 2. The highest BCUT2D eigenvalue weighted by atomic mass is 79.9. The van der Waals surface area contributed by atoms with Crippen LogP contribution in [0.2, 0.25) is 0 Å². The zero-order valence-electron chi connectivity index (χ0n) is 12.4. The van der Waals surface area contributed by atoms with Gasteiger partial charge in [0.2, 0.25) is 5.88 Å². The van der Waals surface area contributed by atoms with Gasteiger partial charge in [0.15, 0.2) is 0 Å². The van der Waals surface area contributed by atoms with Crippen molar-refractivity contribution in [2.75, 3.05) is 11.9 Å². The van der Waals surface area contributed by atoms with E-state index >= 15 is 0 Å². The maximum absolute atomic E-state index is 5.85. The minimum Gasteiger partial charge on any atom is -0.439 e. The zero-order valence-corrected chi connectivity index (χ0v) is 14.0. The van der Waals surface area contributed by atoms with Crippen molar-refractivity contribution in [3.63, 3.8) is 0 Å². The number of anilines is 1. The summed E-state index contributed by atoms with van der Waals surface area (Å²) < 4.78 is 6.82. The summed E-state index contributed by atoms with van der Waals surface area (Å²) in [5.74, 6) is 2.96. The van der Waals surface area contributed by atoms with Gasteiger partial charge in [0.1, 0.15) is 17.4 Å². The second-order valence-electron chi connectivity index (χ2n) is 4.74. The zero-order chi connectivity index (χ0) is 15.1. The lowest BCUT2D eigenvalue weighted by atomic mass is 10.3. The van der Waals surface area contributed by atoms with Gasteiger partial charge in [-0.15, -0.1) is 0 Å². The smallest absolute Gasteiger partial charge is 0.224 e. The minimum absolute atomic E-state index is 0.574. The van der Waals surface area contributed by atoms with Crippen molar-refractivity contribution < 1.29 is 4.74 Å². The predicted octanol–water partition coefficient (Wildman–Crippen LogP) is 4.81. The summed E-state index contributed by atoms with van der Waals surface area (Å²) in [4.78, 5) is 8.98. The average Bonchev–Trinajstić information content (AvgIpc) is 2.45. The molecular formula is C16H20BrN3O. The molecule has 0 saturated carbocycles. The van der Waals surface area contributed by atoms with E-state index in [1.54, 1.807) is 0 Å². The van der Waals surface area contributed by atoms with Gasteiger partial charge in [-0.3, -0.25) is 0 Å². The summed E-state index contributed by atoms with van der Waals surface area (Å²) in [5, 5.41) is 3.29. The van der Waals surface area contributed by atoms with E-state index in [9.17, 15) is 0 Å². The normalized spacial score (nSPS) is 10.4. The van der Waals surface area contributed by atoms with Crippen LogP contribution < -0.4 is 10.1 Å². The molecule has 1 aromatic heterocycles. The Morgan fingerprint density at radius 1 is 1.14 bits per heavy atom. The highest BCUT2D eigenvalue weighted by Crippen LogP contribution is 2.24. The fourth-order valence-electron chi connectivity index (χ4n) is 1.86. The van der Waals surface area contributed by atoms with Gasteiger partial charge in [-0.1, -0.05) is 35.8 Å². The first-order valence-electron chi connectivity index (χ1n) is 7.26. The number of aromatic nitrogens is 2. The molecule has 5 heteroatoms. The van der Waals surface area contributed by atoms with Crippen LogP contribution in [0.1, 0.15) is 32.5 Å². The molecular weight excluding hydrogens is 330 g/mol. The lowest BCUT2D eigenvalue weighted by Crippen LogP contribution is -2.06. The van der Waals surface area contributed by atoms with Crippen molar-refractivity contribution in [1.82, 2.24) is 9.97 Å². The summed E-state index contributed by atoms with van der Waals surface area (Å²) in [7, 11) is 0. The molecule has 0 bridgehead atoms. The molecule has 0 aliphatic heterocycles. The lowest BCUT2D eigenvalue weighted by molar-refractivity contribution is 0.458. The molecule has 0 aliphatic rings. The van der Waals surface area contributed by atoms with Gasteiger partial charge in [-0.2, -0.15) is 4.98 Å². The van der Waals surface area contributed by atoms with E-state index in [1.165, 1.54) is 0 Å². The Labute approximate surface area is 134 Å². The number of benzene rings is 1. The van der Waals surface area contributed by atoms with Gasteiger partial charge < -0.3 is 10.1 Å². The topological polar surface area (TPSA) is 47.0 Å². The van der Waals surface area contributed by atoms with Gasteiger partial charge >= 0.3 is 0 Å². The first-order chi connectivity index (χ1) is 10.2. The van der Waals surface area contributed by atoms with Crippen LogP contribution in [0.15, 0.2) is 34.8 Å². The molecule has 1 heterocycles. The number of ether oxygens (including phenoxy) is 1. The van der Waals surface area contributed by atoms with E-state index < -0.39 is 0 Å². The maximum Gasteiger partial charge on any atom is 0.224 e. The van der Waals surface area contributed by atoms with Crippen molar-refractivity contribution in [2.45, 2.75) is 33.1 Å². The monoisotopic (exact) mass is 349 g/mol. The molecule has 0 fully saturated rings. The van der Waals surface area contributed by atoms with Crippen LogP contribution >= 0.6 is 15.9 Å². The van der Waals surface area contributed by atoms with Crippen molar-refractivity contribution >= 4 is 21.7 Å². The van der Waals surface area contributed by atoms with Crippen LogP contribution in [-0.4, -0.2) is 16.5 Å². The fourth-order valence-corrected chi connectivity index (χ4v) is 2.23. The summed E-state index contributed by atoms with van der Waals surface area (Å²) in [5.41, 5.74) is 0. The molecule has 0 spiro atoms. The van der Waals surface area contributed by atoms with E-state index in [2.05, 4.69) is 45.1 Å². The van der Waals surface area contributed by atoms with Crippen LogP contribution in [0, 0.1) is 0 Å². The van der Waals surface area contributed by atoms with Gasteiger partial charge in [0.25, 0.3) is 0 Å². The lowest BCUT2D eigenvalue weighted by Gasteiger charge is -2.10. The van der Waals surface area contributed by atoms with Gasteiger partial charge in [-0.05, 0) is 31.0 Å². The molecule has 0 saturated heterocycles. The highest BCUT2D eigenvalue weighted by Gasteiger charge is 2.06. The Kier molecular flexibility index (Phi) is 5.99. The van der Waals surface area contributed by atoms with Gasteiger partial charge in [0.05, 0.1) is 0 Å². The molecule has 4 nitrogen and oxygen atoms in total. The molecule has 0 unspecified atom stereocenters. The first kappa shape index (κ1) is 15.8. The molecule has 0 aliphatic carbocycles. The SMILES string of the molecule is CCCNc1cc(Oc2cccc(Br)c2)nc(CCC)n1. The summed E-state index contributed by atoms with van der Waals surface area (Å²) in [6, 6.07) is 9.56. The van der Waals surface area contributed by atoms with Crippen molar-refractivity contribution in [1.29, 1.82) is 0 Å². The molecule has 2 rings (SSSR count). The van der Waals surface area contributed by atoms with Crippen molar-refractivity contribution in [3.05, 3.63) is 40.6 Å². The predicted molar refractivity (Wildman–Crippen MR) is 89.0 cm³/mol. The molecule has 1 N–H and O–H groups in total. The van der Waals surface area contributed by atoms with Crippen molar-refractivity contribution in [3.8, 4) is 11.6 Å². The number of rotatable bonds is 7. The summed E-state index contributed by atoms with van der Waals surface area (Å²) >= 11 is 3.44. The Hall–Kier alpha value is -1.62. The molecule has 21 heavy (non-hydrogen) atoms. The largest absolute Gasteiger partial charge is 0.439 e. The average molecular weight is 350 g/mol. The van der Waals surface area contributed by atoms with E-state index in [1.807, 2.05) is 30.3 Å². The van der Waals surface area contributed by atoms with Crippen LogP contribution in [0.25, 0.3) is 0 Å². The van der Waals surface area contributed by atoms with E-state index in [0.717, 1.165) is 47.7 Å². The van der Waals surface area contributed by atoms with Crippen molar-refractivity contribution in [2.24, 2.45) is 0 Å². The van der Waals surface area contributed by atoms with Crippen LogP contribution in [0.5, 0.6) is 11.6 Å². The molecule has 0 radical (unpaired) electrons. The Morgan fingerprint density at radius 2 is 2.00 bits per heavy atom. The quantitative estimate of drug-likeness (QED) is 0.779. The standard InChI is InChI=1S/C16H20BrN3O/c1-3-6-14-19-15(18-9-4-2)11-16(20-14)21-13-8-5-7-12(17)10-13/h5,7-8,10-11H,3-4,6,9H2,1-2H3,(H,18,19,20). The molecule has 0 amide bonds. The maximum atomic E-state index is 5.85. The summed E-state index contributed by atoms with van der Waals surface area (Å²) in [6.07, 6.45) is 2.90. The first-order valence-corrected chi connectivity index (χ1v) is 8.05. The Bertz CT molecular complexity index is 589. The van der Waals surface area contributed by atoms with E-state index in [0.29, 0.717) is 5.88 Å². The van der Waals surface area contributed by atoms with Gasteiger partial charge in [0, 0.05) is 23.5 Å². The molecule has 2 aromatic rings. The minimum atomic E-state index is 0.574. The number of hydrogen-bond donors (Lipinski definition) is 1. The third-order valence-corrected chi connectivity index (χ3v) is 3.29. The Morgan fingerprint density at radius 3 is 2.71 bits per heavy atom.